The molecule has 2 aromatic carbocycles. The average Bonchev–Trinajstić information content (AvgIpc) is 3.12. The molecule has 0 fully saturated rings. The second-order valence-electron chi connectivity index (χ2n) is 5.89. The molecule has 0 bridgehead atoms. The molecular weight excluding hydrogens is 320 g/mol. The molecule has 0 unspecified atom stereocenters. The number of ether oxygens (including phenoxy) is 3. The first kappa shape index (κ1) is 17.0. The summed E-state index contributed by atoms with van der Waals surface area (Å²) in [7, 11) is 1.57. The fourth-order valence-electron chi connectivity index (χ4n) is 2.83. The maximum atomic E-state index is 12.2. The number of hydrogen-bond donors (Lipinski definition) is 0. The zero-order chi connectivity index (χ0) is 17.6. The monoisotopic (exact) mass is 340 g/mol. The molecule has 0 spiro atoms. The van der Waals surface area contributed by atoms with E-state index in [1.54, 1.807) is 37.4 Å². The first-order chi connectivity index (χ1) is 12.2. The quantitative estimate of drug-likeness (QED) is 0.573. The summed E-state index contributed by atoms with van der Waals surface area (Å²) in [5, 5.41) is 0. The van der Waals surface area contributed by atoms with Crippen molar-refractivity contribution in [3.8, 4) is 11.5 Å². The van der Waals surface area contributed by atoms with Crippen molar-refractivity contribution in [1.29, 1.82) is 0 Å². The summed E-state index contributed by atoms with van der Waals surface area (Å²) in [6.07, 6.45) is 3.21. The van der Waals surface area contributed by atoms with E-state index in [2.05, 4.69) is 0 Å². The minimum atomic E-state index is -0.578. The highest BCUT2D eigenvalue weighted by Gasteiger charge is 2.15. The summed E-state index contributed by atoms with van der Waals surface area (Å²) in [4.78, 5) is 23.9. The van der Waals surface area contributed by atoms with Crippen molar-refractivity contribution in [2.75, 3.05) is 20.3 Å². The summed E-state index contributed by atoms with van der Waals surface area (Å²) in [5.74, 6) is 0.454. The van der Waals surface area contributed by atoms with Crippen LogP contribution in [-0.4, -0.2) is 32.1 Å². The van der Waals surface area contributed by atoms with Gasteiger partial charge in [0.05, 0.1) is 7.11 Å². The van der Waals surface area contributed by atoms with E-state index < -0.39 is 5.97 Å². The Balaban J connectivity index is 1.46. The predicted molar refractivity (Wildman–Crippen MR) is 92.2 cm³/mol. The molecule has 5 nitrogen and oxygen atoms in total. The van der Waals surface area contributed by atoms with Crippen LogP contribution in [0.15, 0.2) is 42.5 Å². The van der Waals surface area contributed by atoms with E-state index in [0.29, 0.717) is 17.1 Å². The van der Waals surface area contributed by atoms with Crippen LogP contribution in [0.4, 0.5) is 0 Å². The highest BCUT2D eigenvalue weighted by molar-refractivity contribution is 5.98. The van der Waals surface area contributed by atoms with Crippen molar-refractivity contribution in [2.45, 2.75) is 19.3 Å². The van der Waals surface area contributed by atoms with Gasteiger partial charge in [-0.3, -0.25) is 4.79 Å². The van der Waals surface area contributed by atoms with Gasteiger partial charge in [0.25, 0.3) is 0 Å². The summed E-state index contributed by atoms with van der Waals surface area (Å²) in [6, 6.07) is 12.6. The van der Waals surface area contributed by atoms with Gasteiger partial charge in [-0.05, 0) is 60.7 Å². The summed E-state index contributed by atoms with van der Waals surface area (Å²) < 4.78 is 15.4. The van der Waals surface area contributed by atoms with Crippen LogP contribution in [0.2, 0.25) is 0 Å². The van der Waals surface area contributed by atoms with Crippen molar-refractivity contribution >= 4 is 11.8 Å². The van der Waals surface area contributed by atoms with E-state index in [0.717, 1.165) is 19.3 Å². The Kier molecular flexibility index (Phi) is 5.33. The minimum Gasteiger partial charge on any atom is -0.497 e. The lowest BCUT2D eigenvalue weighted by molar-refractivity contribution is -0.144. The van der Waals surface area contributed by atoms with Crippen LogP contribution >= 0.6 is 0 Å². The molecule has 5 heteroatoms. The molecule has 1 aliphatic carbocycles. The van der Waals surface area contributed by atoms with Gasteiger partial charge >= 0.3 is 5.97 Å². The van der Waals surface area contributed by atoms with Gasteiger partial charge in [0, 0.05) is 5.56 Å². The van der Waals surface area contributed by atoms with Crippen LogP contribution in [0.5, 0.6) is 11.5 Å². The van der Waals surface area contributed by atoms with Gasteiger partial charge in [0.1, 0.15) is 11.5 Å². The lowest BCUT2D eigenvalue weighted by Crippen LogP contribution is -2.19. The number of carbonyl (C=O) groups is 2. The van der Waals surface area contributed by atoms with Gasteiger partial charge in [-0.2, -0.15) is 0 Å². The van der Waals surface area contributed by atoms with Crippen LogP contribution in [0, 0.1) is 0 Å². The lowest BCUT2D eigenvalue weighted by Gasteiger charge is -2.08. The van der Waals surface area contributed by atoms with E-state index in [4.69, 9.17) is 14.2 Å². The molecular formula is C20H20O5. The van der Waals surface area contributed by atoms with Crippen molar-refractivity contribution in [3.63, 3.8) is 0 Å². The van der Waals surface area contributed by atoms with E-state index in [9.17, 15) is 9.59 Å². The number of rotatable bonds is 7. The average molecular weight is 340 g/mol. The molecule has 0 heterocycles. The van der Waals surface area contributed by atoms with Crippen molar-refractivity contribution in [3.05, 3.63) is 59.2 Å². The summed E-state index contributed by atoms with van der Waals surface area (Å²) in [5.41, 5.74) is 3.12. The first-order valence-corrected chi connectivity index (χ1v) is 8.23. The molecule has 0 saturated carbocycles. The topological polar surface area (TPSA) is 61.8 Å². The lowest BCUT2D eigenvalue weighted by atomic mass is 10.0. The molecule has 25 heavy (non-hydrogen) atoms. The Labute approximate surface area is 146 Å². The number of methoxy groups -OCH3 is 1. The van der Waals surface area contributed by atoms with E-state index in [-0.39, 0.29) is 19.0 Å². The van der Waals surface area contributed by atoms with Gasteiger partial charge in [-0.1, -0.05) is 12.1 Å². The predicted octanol–water partition coefficient (Wildman–Crippen LogP) is 2.99. The number of aryl methyl sites for hydroxylation is 2. The van der Waals surface area contributed by atoms with Crippen LogP contribution in [0.25, 0.3) is 0 Å². The third-order valence-corrected chi connectivity index (χ3v) is 4.20. The largest absolute Gasteiger partial charge is 0.497 e. The van der Waals surface area contributed by atoms with Crippen molar-refractivity contribution in [1.82, 2.24) is 0 Å². The molecule has 0 N–H and O–H groups in total. The van der Waals surface area contributed by atoms with E-state index in [1.165, 1.54) is 11.1 Å². The molecule has 0 aromatic heterocycles. The van der Waals surface area contributed by atoms with Crippen LogP contribution in [0.3, 0.4) is 0 Å². The van der Waals surface area contributed by atoms with Gasteiger partial charge in [0.15, 0.2) is 19.0 Å². The first-order valence-electron chi connectivity index (χ1n) is 8.23. The fraction of sp³-hybridized carbons (Fsp3) is 0.300. The minimum absolute atomic E-state index is 0.201. The third-order valence-electron chi connectivity index (χ3n) is 4.20. The Hall–Kier alpha value is -2.82. The van der Waals surface area contributed by atoms with Gasteiger partial charge in [-0.15, -0.1) is 0 Å². The maximum absolute atomic E-state index is 12.2. The molecule has 0 radical (unpaired) electrons. The third kappa shape index (κ3) is 4.38. The summed E-state index contributed by atoms with van der Waals surface area (Å²) >= 11 is 0. The number of carbonyl (C=O) groups excluding carboxylic acids is 2. The normalized spacial score (nSPS) is 12.4. The number of Topliss-reactive ketones (excluding diaryl/α,β-unsaturated/α-hetero) is 1. The Morgan fingerprint density at radius 2 is 1.64 bits per heavy atom. The number of ketones is 1. The summed E-state index contributed by atoms with van der Waals surface area (Å²) in [6.45, 7) is -0.520. The molecule has 2 aromatic rings. The SMILES string of the molecule is COc1ccc(OCC(=O)OCC(=O)c2ccc3c(c2)CCC3)cc1. The van der Waals surface area contributed by atoms with Crippen LogP contribution < -0.4 is 9.47 Å². The smallest absolute Gasteiger partial charge is 0.344 e. The standard InChI is InChI=1S/C20H20O5/c1-23-17-7-9-18(10-8-17)24-13-20(22)25-12-19(21)16-6-5-14-3-2-4-15(14)11-16/h5-11H,2-4,12-13H2,1H3. The molecule has 0 atom stereocenters. The Bertz CT molecular complexity index is 764. The maximum Gasteiger partial charge on any atom is 0.344 e. The van der Waals surface area contributed by atoms with Gasteiger partial charge in [0.2, 0.25) is 0 Å². The second kappa shape index (κ2) is 7.83. The molecule has 0 amide bonds. The fourth-order valence-corrected chi connectivity index (χ4v) is 2.83. The van der Waals surface area contributed by atoms with Crippen LogP contribution in [0.1, 0.15) is 27.9 Å². The van der Waals surface area contributed by atoms with Gasteiger partial charge in [-0.25, -0.2) is 4.79 Å². The Morgan fingerprint density at radius 1 is 0.920 bits per heavy atom. The second-order valence-corrected chi connectivity index (χ2v) is 5.89. The zero-order valence-electron chi connectivity index (χ0n) is 14.1. The molecule has 0 saturated heterocycles. The molecule has 130 valence electrons. The highest BCUT2D eigenvalue weighted by atomic mass is 16.6. The van der Waals surface area contributed by atoms with Crippen LogP contribution in [-0.2, 0) is 22.4 Å². The van der Waals surface area contributed by atoms with Gasteiger partial charge < -0.3 is 14.2 Å². The molecule has 1 aliphatic rings. The number of benzene rings is 2. The van der Waals surface area contributed by atoms with Crippen molar-refractivity contribution < 1.29 is 23.8 Å². The molecule has 3 rings (SSSR count). The van der Waals surface area contributed by atoms with E-state index >= 15 is 0 Å². The number of esters is 1. The van der Waals surface area contributed by atoms with Crippen molar-refractivity contribution in [2.24, 2.45) is 0 Å². The number of hydrogen-bond acceptors (Lipinski definition) is 5. The highest BCUT2D eigenvalue weighted by Crippen LogP contribution is 2.23. The zero-order valence-corrected chi connectivity index (χ0v) is 14.1. The van der Waals surface area contributed by atoms with E-state index in [1.807, 2.05) is 12.1 Å². The molecule has 0 aliphatic heterocycles. The Morgan fingerprint density at radius 3 is 2.40 bits per heavy atom. The number of fused-ring (bicyclic) bond motifs is 1.